The molecule has 0 radical (unpaired) electrons. The average molecular weight is 476 g/mol. The molecule has 1 unspecified atom stereocenters. The van der Waals surface area contributed by atoms with Crippen LogP contribution in [0.4, 0.5) is 0 Å². The minimum absolute atomic E-state index is 0.0878. The van der Waals surface area contributed by atoms with Crippen LogP contribution < -0.4 is 9.47 Å². The van der Waals surface area contributed by atoms with Crippen LogP contribution in [0.5, 0.6) is 11.5 Å². The molecule has 0 bridgehead atoms. The first kappa shape index (κ1) is 25.8. The number of nitrogens with zero attached hydrogens (tertiary/aromatic N) is 1. The molecule has 1 atom stereocenters. The fourth-order valence-corrected chi connectivity index (χ4v) is 3.99. The smallest absolute Gasteiger partial charge is 0.309 e. The van der Waals surface area contributed by atoms with Gasteiger partial charge in [0, 0.05) is 18.7 Å². The first-order valence-corrected chi connectivity index (χ1v) is 11.7. The summed E-state index contributed by atoms with van der Waals surface area (Å²) < 4.78 is 16.3. The number of esters is 1. The highest BCUT2D eigenvalue weighted by Gasteiger charge is 2.23. The van der Waals surface area contributed by atoms with Gasteiger partial charge in [0.15, 0.2) is 6.10 Å². The molecule has 0 aliphatic heterocycles. The highest BCUT2D eigenvalue weighted by molar-refractivity contribution is 5.82. The molecule has 1 amide bonds. The minimum Gasteiger partial charge on any atom is -0.496 e. The summed E-state index contributed by atoms with van der Waals surface area (Å²) in [7, 11) is 3.00. The number of para-hydroxylation sites is 1. The van der Waals surface area contributed by atoms with Crippen molar-refractivity contribution >= 4 is 11.9 Å². The molecule has 184 valence electrons. The SMILES string of the molecule is CCN(Cc1cc(C)ccc1-c1cc(CC(=O)OC)ccc1OC)C(=O)C(C)Oc1ccccc1. The van der Waals surface area contributed by atoms with Gasteiger partial charge < -0.3 is 19.1 Å². The summed E-state index contributed by atoms with van der Waals surface area (Å²) in [5.41, 5.74) is 4.71. The summed E-state index contributed by atoms with van der Waals surface area (Å²) >= 11 is 0. The maximum Gasteiger partial charge on any atom is 0.309 e. The monoisotopic (exact) mass is 475 g/mol. The summed E-state index contributed by atoms with van der Waals surface area (Å²) in [5, 5.41) is 0. The maximum absolute atomic E-state index is 13.3. The highest BCUT2D eigenvalue weighted by Crippen LogP contribution is 2.35. The van der Waals surface area contributed by atoms with Gasteiger partial charge in [-0.15, -0.1) is 0 Å². The van der Waals surface area contributed by atoms with Crippen molar-refractivity contribution in [3.05, 3.63) is 83.4 Å². The average Bonchev–Trinajstić information content (AvgIpc) is 2.87. The first-order valence-electron chi connectivity index (χ1n) is 11.7. The molecule has 0 fully saturated rings. The number of hydrogen-bond acceptors (Lipinski definition) is 5. The van der Waals surface area contributed by atoms with Crippen LogP contribution >= 0.6 is 0 Å². The number of carbonyl (C=O) groups is 2. The van der Waals surface area contributed by atoms with E-state index in [4.69, 9.17) is 14.2 Å². The van der Waals surface area contributed by atoms with Crippen molar-refractivity contribution < 1.29 is 23.8 Å². The first-order chi connectivity index (χ1) is 16.9. The van der Waals surface area contributed by atoms with Crippen LogP contribution in [-0.4, -0.2) is 43.6 Å². The fourth-order valence-electron chi connectivity index (χ4n) is 3.99. The molecular formula is C29H33NO5. The molecule has 6 heteroatoms. The third-order valence-corrected chi connectivity index (χ3v) is 5.85. The second kappa shape index (κ2) is 12.1. The van der Waals surface area contributed by atoms with Crippen molar-refractivity contribution in [1.82, 2.24) is 4.90 Å². The second-order valence-corrected chi connectivity index (χ2v) is 8.37. The molecule has 0 aromatic heterocycles. The Kier molecular flexibility index (Phi) is 8.90. The van der Waals surface area contributed by atoms with Gasteiger partial charge in [0.05, 0.1) is 20.6 Å². The lowest BCUT2D eigenvalue weighted by molar-refractivity contribution is -0.140. The lowest BCUT2D eigenvalue weighted by Gasteiger charge is -2.26. The Balaban J connectivity index is 1.92. The predicted molar refractivity (Wildman–Crippen MR) is 137 cm³/mol. The molecule has 6 nitrogen and oxygen atoms in total. The van der Waals surface area contributed by atoms with E-state index in [0.717, 1.165) is 27.8 Å². The predicted octanol–water partition coefficient (Wildman–Crippen LogP) is 5.20. The zero-order valence-corrected chi connectivity index (χ0v) is 21.0. The Morgan fingerprint density at radius 3 is 2.34 bits per heavy atom. The van der Waals surface area contributed by atoms with Crippen molar-refractivity contribution in [2.75, 3.05) is 20.8 Å². The van der Waals surface area contributed by atoms with E-state index in [0.29, 0.717) is 24.6 Å². The Bertz CT molecular complexity index is 1160. The van der Waals surface area contributed by atoms with E-state index < -0.39 is 6.10 Å². The van der Waals surface area contributed by atoms with Gasteiger partial charge in [-0.05, 0) is 61.7 Å². The zero-order chi connectivity index (χ0) is 25.4. The van der Waals surface area contributed by atoms with E-state index in [1.54, 1.807) is 18.9 Å². The summed E-state index contributed by atoms with van der Waals surface area (Å²) in [6.07, 6.45) is -0.452. The van der Waals surface area contributed by atoms with Crippen molar-refractivity contribution in [3.63, 3.8) is 0 Å². The summed E-state index contributed by atoms with van der Waals surface area (Å²) in [6, 6.07) is 21.2. The van der Waals surface area contributed by atoms with E-state index in [1.165, 1.54) is 7.11 Å². The molecule has 0 saturated carbocycles. The molecule has 3 rings (SSSR count). The second-order valence-electron chi connectivity index (χ2n) is 8.37. The highest BCUT2D eigenvalue weighted by atomic mass is 16.5. The van der Waals surface area contributed by atoms with Gasteiger partial charge in [-0.1, -0.05) is 48.0 Å². The Labute approximate surface area is 207 Å². The minimum atomic E-state index is -0.622. The molecule has 3 aromatic rings. The Morgan fingerprint density at radius 1 is 0.943 bits per heavy atom. The van der Waals surface area contributed by atoms with Crippen LogP contribution in [0.15, 0.2) is 66.7 Å². The summed E-state index contributed by atoms with van der Waals surface area (Å²) in [4.78, 5) is 26.9. The third kappa shape index (κ3) is 6.63. The normalized spacial score (nSPS) is 11.5. The molecule has 0 N–H and O–H groups in total. The van der Waals surface area contributed by atoms with Crippen LogP contribution in [0, 0.1) is 6.92 Å². The van der Waals surface area contributed by atoms with Gasteiger partial charge >= 0.3 is 5.97 Å². The van der Waals surface area contributed by atoms with Gasteiger partial charge in [0.2, 0.25) is 0 Å². The number of ether oxygens (including phenoxy) is 3. The largest absolute Gasteiger partial charge is 0.496 e. The summed E-state index contributed by atoms with van der Waals surface area (Å²) in [5.74, 6) is 0.960. The Hall–Kier alpha value is -3.80. The van der Waals surface area contributed by atoms with Crippen molar-refractivity contribution in [3.8, 4) is 22.6 Å². The summed E-state index contributed by atoms with van der Waals surface area (Å²) in [6.45, 7) is 6.71. The maximum atomic E-state index is 13.3. The molecule has 3 aromatic carbocycles. The van der Waals surface area contributed by atoms with Crippen LogP contribution in [0.25, 0.3) is 11.1 Å². The van der Waals surface area contributed by atoms with Gasteiger partial charge in [-0.3, -0.25) is 9.59 Å². The molecule has 0 saturated heterocycles. The lowest BCUT2D eigenvalue weighted by Crippen LogP contribution is -2.40. The molecule has 35 heavy (non-hydrogen) atoms. The van der Waals surface area contributed by atoms with Crippen molar-refractivity contribution in [2.45, 2.75) is 39.8 Å². The molecule has 0 aliphatic rings. The van der Waals surface area contributed by atoms with E-state index in [-0.39, 0.29) is 18.3 Å². The quantitative estimate of drug-likeness (QED) is 0.377. The third-order valence-electron chi connectivity index (χ3n) is 5.85. The van der Waals surface area contributed by atoms with Gasteiger partial charge in [0.25, 0.3) is 5.91 Å². The number of rotatable bonds is 10. The number of aryl methyl sites for hydroxylation is 1. The number of carbonyl (C=O) groups excluding carboxylic acids is 2. The zero-order valence-electron chi connectivity index (χ0n) is 21.0. The van der Waals surface area contributed by atoms with Crippen molar-refractivity contribution in [1.29, 1.82) is 0 Å². The van der Waals surface area contributed by atoms with Crippen LogP contribution in [0.3, 0.4) is 0 Å². The Morgan fingerprint density at radius 2 is 1.69 bits per heavy atom. The van der Waals surface area contributed by atoms with Gasteiger partial charge in [-0.2, -0.15) is 0 Å². The van der Waals surface area contributed by atoms with E-state index in [2.05, 4.69) is 6.07 Å². The standard InChI is InChI=1S/C29H33NO5/c1-6-30(29(32)21(3)35-24-10-8-7-9-11-24)19-23-16-20(2)12-14-25(23)26-17-22(18-28(31)34-5)13-15-27(26)33-4/h7-17,21H,6,18-19H2,1-5H3. The van der Waals surface area contributed by atoms with Gasteiger partial charge in [-0.25, -0.2) is 0 Å². The van der Waals surface area contributed by atoms with Crippen LogP contribution in [-0.2, 0) is 27.3 Å². The lowest BCUT2D eigenvalue weighted by atomic mass is 9.94. The molecular weight excluding hydrogens is 442 g/mol. The van der Waals surface area contributed by atoms with Crippen LogP contribution in [0.2, 0.25) is 0 Å². The number of hydrogen-bond donors (Lipinski definition) is 0. The van der Waals surface area contributed by atoms with Crippen molar-refractivity contribution in [2.24, 2.45) is 0 Å². The number of benzene rings is 3. The number of methoxy groups -OCH3 is 2. The molecule has 0 aliphatic carbocycles. The van der Waals surface area contributed by atoms with Gasteiger partial charge in [0.1, 0.15) is 11.5 Å². The van der Waals surface area contributed by atoms with E-state index >= 15 is 0 Å². The number of likely N-dealkylation sites (N-methyl/N-ethyl adjacent to an activating group) is 1. The van der Waals surface area contributed by atoms with Crippen LogP contribution in [0.1, 0.15) is 30.5 Å². The molecule has 0 spiro atoms. The van der Waals surface area contributed by atoms with E-state index in [9.17, 15) is 9.59 Å². The molecule has 0 heterocycles. The topological polar surface area (TPSA) is 65.1 Å². The van der Waals surface area contributed by atoms with E-state index in [1.807, 2.05) is 74.5 Å². The fraction of sp³-hybridized carbons (Fsp3) is 0.310. The number of amides is 1.